The first-order valence-corrected chi connectivity index (χ1v) is 10.0. The first-order valence-electron chi connectivity index (χ1n) is 9.67. The topological polar surface area (TPSA) is 20.0 Å². The van der Waals surface area contributed by atoms with Gasteiger partial charge in [-0.05, 0) is 30.2 Å². The molecule has 3 nitrogen and oxygen atoms in total. The Morgan fingerprint density at radius 2 is 1.81 bits per heavy atom. The summed E-state index contributed by atoms with van der Waals surface area (Å²) in [5.41, 5.74) is 1.45. The molecule has 2 aromatic rings. The van der Waals surface area contributed by atoms with Gasteiger partial charge in [-0.3, -0.25) is 4.98 Å². The van der Waals surface area contributed by atoms with Gasteiger partial charge in [0.05, 0.1) is 17.4 Å². The average Bonchev–Trinajstić information content (AvgIpc) is 2.61. The molecule has 0 amide bonds. The molecule has 1 saturated heterocycles. The first-order chi connectivity index (χ1) is 12.6. The van der Waals surface area contributed by atoms with E-state index in [0.717, 1.165) is 24.7 Å². The van der Waals surface area contributed by atoms with E-state index in [1.165, 1.54) is 19.0 Å². The van der Waals surface area contributed by atoms with Crippen molar-refractivity contribution in [2.24, 2.45) is 11.3 Å². The molecular weight excluding hydrogens is 361 g/mol. The van der Waals surface area contributed by atoms with Gasteiger partial charge in [-0.1, -0.05) is 32.4 Å². The molecule has 3 heterocycles. The minimum absolute atomic E-state index is 0.306. The largest absolute Gasteiger partial charge is 0.370 e. The van der Waals surface area contributed by atoms with Crippen molar-refractivity contribution >= 4 is 17.3 Å². The standard InChI is InChI=1S/C22H30ClFN3/c1-21(2,3)16-7-11-26(12-8-16)20-9-13-27(15-18(20)23)22(4,5)17-6-10-25-14-19(17)24/h6,9-10,13-16H,7-8,11-12H2,1-5H3/q+1. The summed E-state index contributed by atoms with van der Waals surface area (Å²) in [6, 6.07) is 3.78. The highest BCUT2D eigenvalue weighted by atomic mass is 35.5. The summed E-state index contributed by atoms with van der Waals surface area (Å²) in [6.07, 6.45) is 9.15. The first kappa shape index (κ1) is 20.1. The van der Waals surface area contributed by atoms with Gasteiger partial charge in [-0.2, -0.15) is 4.57 Å². The minimum Gasteiger partial charge on any atom is -0.370 e. The lowest BCUT2D eigenvalue weighted by Crippen LogP contribution is -2.53. The third kappa shape index (κ3) is 4.11. The number of hydrogen-bond donors (Lipinski definition) is 0. The van der Waals surface area contributed by atoms with E-state index in [1.54, 1.807) is 12.3 Å². The van der Waals surface area contributed by atoms with Gasteiger partial charge in [0.15, 0.2) is 23.7 Å². The van der Waals surface area contributed by atoms with Gasteiger partial charge in [0.2, 0.25) is 0 Å². The molecule has 1 aliphatic rings. The molecule has 0 N–H and O–H groups in total. The Balaban J connectivity index is 1.82. The molecule has 0 aliphatic carbocycles. The van der Waals surface area contributed by atoms with Crippen LogP contribution < -0.4 is 9.47 Å². The molecule has 1 fully saturated rings. The molecule has 0 bridgehead atoms. The fraction of sp³-hybridized carbons (Fsp3) is 0.545. The van der Waals surface area contributed by atoms with Crippen LogP contribution >= 0.6 is 11.6 Å². The van der Waals surface area contributed by atoms with E-state index >= 15 is 0 Å². The second-order valence-electron chi connectivity index (χ2n) is 9.13. The summed E-state index contributed by atoms with van der Waals surface area (Å²) < 4.78 is 16.2. The maximum absolute atomic E-state index is 14.3. The Hall–Kier alpha value is -1.68. The summed E-state index contributed by atoms with van der Waals surface area (Å²) in [6.45, 7) is 13.0. The second kappa shape index (κ2) is 7.38. The lowest BCUT2D eigenvalue weighted by molar-refractivity contribution is -0.747. The number of aromatic nitrogens is 2. The Morgan fingerprint density at radius 3 is 2.37 bits per heavy atom. The van der Waals surface area contributed by atoms with Gasteiger partial charge >= 0.3 is 0 Å². The third-order valence-corrected chi connectivity index (χ3v) is 6.32. The van der Waals surface area contributed by atoms with E-state index in [0.29, 0.717) is 16.0 Å². The van der Waals surface area contributed by atoms with Crippen LogP contribution in [0.5, 0.6) is 0 Å². The van der Waals surface area contributed by atoms with E-state index in [-0.39, 0.29) is 5.82 Å². The summed E-state index contributed by atoms with van der Waals surface area (Å²) >= 11 is 6.65. The zero-order valence-electron chi connectivity index (χ0n) is 17.0. The van der Waals surface area contributed by atoms with E-state index < -0.39 is 5.54 Å². The van der Waals surface area contributed by atoms with Crippen molar-refractivity contribution in [3.05, 3.63) is 53.3 Å². The van der Waals surface area contributed by atoms with Gasteiger partial charge in [0.25, 0.3) is 0 Å². The monoisotopic (exact) mass is 390 g/mol. The number of rotatable bonds is 3. The molecular formula is C22H30ClFN3+. The summed E-state index contributed by atoms with van der Waals surface area (Å²) in [4.78, 5) is 6.22. The number of anilines is 1. The quantitative estimate of drug-likeness (QED) is 0.670. The number of nitrogens with zero attached hydrogens (tertiary/aromatic N) is 3. The smallest absolute Gasteiger partial charge is 0.190 e. The van der Waals surface area contributed by atoms with Crippen molar-refractivity contribution in [3.63, 3.8) is 0 Å². The van der Waals surface area contributed by atoms with Gasteiger partial charge in [0.1, 0.15) is 5.02 Å². The highest BCUT2D eigenvalue weighted by Gasteiger charge is 2.35. The molecule has 146 valence electrons. The van der Waals surface area contributed by atoms with Gasteiger partial charge in [0, 0.05) is 39.2 Å². The third-order valence-electron chi connectivity index (χ3n) is 6.03. The minimum atomic E-state index is -0.561. The highest BCUT2D eigenvalue weighted by Crippen LogP contribution is 2.37. The van der Waals surface area contributed by atoms with Gasteiger partial charge < -0.3 is 4.90 Å². The van der Waals surface area contributed by atoms with Crippen molar-refractivity contribution in [1.29, 1.82) is 0 Å². The Labute approximate surface area is 167 Å². The molecule has 2 aromatic heterocycles. The van der Waals surface area contributed by atoms with Crippen LogP contribution in [0.2, 0.25) is 5.02 Å². The van der Waals surface area contributed by atoms with E-state index in [2.05, 4.69) is 36.7 Å². The maximum Gasteiger partial charge on any atom is 0.190 e. The molecule has 0 unspecified atom stereocenters. The van der Waals surface area contributed by atoms with Crippen LogP contribution in [0.4, 0.5) is 10.1 Å². The van der Waals surface area contributed by atoms with E-state index in [4.69, 9.17) is 11.6 Å². The predicted octanol–water partition coefficient (Wildman–Crippen LogP) is 5.21. The fourth-order valence-electron chi connectivity index (χ4n) is 4.06. The van der Waals surface area contributed by atoms with Crippen molar-refractivity contribution in [1.82, 2.24) is 4.98 Å². The Morgan fingerprint density at radius 1 is 1.15 bits per heavy atom. The predicted molar refractivity (Wildman–Crippen MR) is 109 cm³/mol. The fourth-order valence-corrected chi connectivity index (χ4v) is 4.35. The lowest BCUT2D eigenvalue weighted by atomic mass is 9.75. The average molecular weight is 391 g/mol. The molecule has 0 radical (unpaired) electrons. The van der Waals surface area contributed by atoms with E-state index in [1.807, 2.05) is 30.8 Å². The molecule has 0 aromatic carbocycles. The zero-order chi connectivity index (χ0) is 19.8. The van der Waals surface area contributed by atoms with Crippen LogP contribution in [0, 0.1) is 17.2 Å². The number of hydrogen-bond acceptors (Lipinski definition) is 2. The normalized spacial score (nSPS) is 16.6. The highest BCUT2D eigenvalue weighted by molar-refractivity contribution is 6.33. The van der Waals surface area contributed by atoms with E-state index in [9.17, 15) is 4.39 Å². The molecule has 0 atom stereocenters. The van der Waals surface area contributed by atoms with Gasteiger partial charge in [-0.15, -0.1) is 0 Å². The van der Waals surface area contributed by atoms with Crippen LogP contribution in [-0.4, -0.2) is 18.1 Å². The summed E-state index contributed by atoms with van der Waals surface area (Å²) in [5, 5.41) is 0.703. The van der Waals surface area contributed by atoms with Crippen LogP contribution in [0.25, 0.3) is 0 Å². The van der Waals surface area contributed by atoms with Crippen LogP contribution in [0.15, 0.2) is 36.9 Å². The second-order valence-corrected chi connectivity index (χ2v) is 9.53. The van der Waals surface area contributed by atoms with Crippen molar-refractivity contribution in [3.8, 4) is 0 Å². The summed E-state index contributed by atoms with van der Waals surface area (Å²) in [5.74, 6) is 0.439. The Kier molecular flexibility index (Phi) is 5.49. The Bertz CT molecular complexity index is 805. The number of halogens is 2. The van der Waals surface area contributed by atoms with Crippen molar-refractivity contribution in [2.75, 3.05) is 18.0 Å². The number of pyridine rings is 2. The zero-order valence-corrected chi connectivity index (χ0v) is 17.7. The molecule has 1 aliphatic heterocycles. The van der Waals surface area contributed by atoms with Crippen molar-refractivity contribution in [2.45, 2.75) is 53.0 Å². The molecule has 5 heteroatoms. The number of piperidine rings is 1. The molecule has 0 spiro atoms. The van der Waals surface area contributed by atoms with Crippen molar-refractivity contribution < 1.29 is 8.96 Å². The molecule has 0 saturated carbocycles. The maximum atomic E-state index is 14.3. The SMILES string of the molecule is CC(C)(C)C1CCN(c2cc[n+](C(C)(C)c3ccncc3F)cc2Cl)CC1. The van der Waals surface area contributed by atoms with Crippen LogP contribution in [0.3, 0.4) is 0 Å². The molecule has 27 heavy (non-hydrogen) atoms. The molecule has 3 rings (SSSR count). The van der Waals surface area contributed by atoms with Crippen LogP contribution in [0.1, 0.15) is 53.0 Å². The summed E-state index contributed by atoms with van der Waals surface area (Å²) in [7, 11) is 0. The lowest BCUT2D eigenvalue weighted by Gasteiger charge is -2.39. The van der Waals surface area contributed by atoms with Gasteiger partial charge in [-0.25, -0.2) is 4.39 Å². The van der Waals surface area contributed by atoms with Crippen LogP contribution in [-0.2, 0) is 5.54 Å².